The minimum Gasteiger partial charge on any atom is -0.352 e. The predicted octanol–water partition coefficient (Wildman–Crippen LogP) is 1.71. The number of hydrogen-bond acceptors (Lipinski definition) is 2. The molecule has 2 rings (SSSR count). The molecule has 1 aromatic rings. The Morgan fingerprint density at radius 3 is 2.78 bits per heavy atom. The van der Waals surface area contributed by atoms with E-state index in [1.165, 1.54) is 12.1 Å². The lowest BCUT2D eigenvalue weighted by Crippen LogP contribution is -2.52. The van der Waals surface area contributed by atoms with Crippen LogP contribution < -0.4 is 11.1 Å². The lowest BCUT2D eigenvalue weighted by Gasteiger charge is -2.41. The fourth-order valence-corrected chi connectivity index (χ4v) is 2.38. The van der Waals surface area contributed by atoms with E-state index in [0.29, 0.717) is 6.54 Å². The first-order valence-corrected chi connectivity index (χ1v) is 6.35. The summed E-state index contributed by atoms with van der Waals surface area (Å²) in [6.07, 6.45) is 2.56. The highest BCUT2D eigenvalue weighted by molar-refractivity contribution is 5.89. The Morgan fingerprint density at radius 1 is 1.56 bits per heavy atom. The van der Waals surface area contributed by atoms with Crippen LogP contribution in [0, 0.1) is 5.82 Å². The summed E-state index contributed by atoms with van der Waals surface area (Å²) in [6, 6.07) is 6.30. The van der Waals surface area contributed by atoms with E-state index in [2.05, 4.69) is 5.32 Å². The van der Waals surface area contributed by atoms with Gasteiger partial charge in [-0.05, 0) is 37.5 Å². The van der Waals surface area contributed by atoms with Crippen LogP contribution in [0.4, 0.5) is 4.39 Å². The molecule has 0 heterocycles. The van der Waals surface area contributed by atoms with E-state index >= 15 is 0 Å². The number of halogens is 1. The first-order valence-electron chi connectivity index (χ1n) is 6.35. The summed E-state index contributed by atoms with van der Waals surface area (Å²) in [6.45, 7) is 2.28. The van der Waals surface area contributed by atoms with Gasteiger partial charge in [0.05, 0.1) is 5.41 Å². The van der Waals surface area contributed by atoms with Crippen LogP contribution >= 0.6 is 0 Å². The number of nitrogens with two attached hydrogens (primary N) is 1. The zero-order valence-corrected chi connectivity index (χ0v) is 10.6. The number of carbonyl (C=O) groups is 1. The van der Waals surface area contributed by atoms with E-state index in [9.17, 15) is 9.18 Å². The average molecular weight is 250 g/mol. The molecule has 1 saturated carbocycles. The lowest BCUT2D eigenvalue weighted by atomic mass is 9.63. The number of rotatable bonds is 4. The Labute approximate surface area is 107 Å². The smallest absolute Gasteiger partial charge is 0.230 e. The van der Waals surface area contributed by atoms with Gasteiger partial charge < -0.3 is 11.1 Å². The molecule has 0 bridgehead atoms. The molecule has 1 fully saturated rings. The standard InChI is InChI=1S/C14H19FN2O/c1-10(9-16)17-13(18)14(6-3-7-14)11-4-2-5-12(15)8-11/h2,4-5,8,10H,3,6-7,9,16H2,1H3,(H,17,18)/t10-/m0/s1. The molecule has 0 unspecified atom stereocenters. The Bertz CT molecular complexity index is 443. The molecule has 1 aliphatic rings. The molecule has 4 heteroatoms. The highest BCUT2D eigenvalue weighted by atomic mass is 19.1. The van der Waals surface area contributed by atoms with Gasteiger partial charge in [0, 0.05) is 12.6 Å². The maximum absolute atomic E-state index is 13.3. The van der Waals surface area contributed by atoms with Crippen LogP contribution in [-0.4, -0.2) is 18.5 Å². The molecule has 0 aliphatic heterocycles. The molecule has 3 N–H and O–H groups in total. The van der Waals surface area contributed by atoms with E-state index < -0.39 is 5.41 Å². The van der Waals surface area contributed by atoms with Crippen LogP contribution in [0.3, 0.4) is 0 Å². The van der Waals surface area contributed by atoms with E-state index in [1.54, 1.807) is 6.07 Å². The number of benzene rings is 1. The summed E-state index contributed by atoms with van der Waals surface area (Å²) < 4.78 is 13.3. The number of hydrogen-bond donors (Lipinski definition) is 2. The van der Waals surface area contributed by atoms with Crippen LogP contribution in [-0.2, 0) is 10.2 Å². The second-order valence-corrected chi connectivity index (χ2v) is 5.06. The van der Waals surface area contributed by atoms with Gasteiger partial charge in [0.25, 0.3) is 0 Å². The van der Waals surface area contributed by atoms with E-state index in [4.69, 9.17) is 5.73 Å². The van der Waals surface area contributed by atoms with Crippen molar-refractivity contribution >= 4 is 5.91 Å². The number of carbonyl (C=O) groups excluding carboxylic acids is 1. The third-order valence-electron chi connectivity index (χ3n) is 3.75. The van der Waals surface area contributed by atoms with E-state index in [-0.39, 0.29) is 17.8 Å². The molecular weight excluding hydrogens is 231 g/mol. The zero-order valence-electron chi connectivity index (χ0n) is 10.6. The number of nitrogens with one attached hydrogen (secondary N) is 1. The van der Waals surface area contributed by atoms with E-state index in [1.807, 2.05) is 13.0 Å². The molecule has 1 aliphatic carbocycles. The van der Waals surface area contributed by atoms with Gasteiger partial charge in [-0.2, -0.15) is 0 Å². The van der Waals surface area contributed by atoms with Crippen LogP contribution in [0.5, 0.6) is 0 Å². The average Bonchev–Trinajstić information content (AvgIpc) is 2.27. The van der Waals surface area contributed by atoms with Crippen molar-refractivity contribution < 1.29 is 9.18 Å². The Morgan fingerprint density at radius 2 is 2.28 bits per heavy atom. The molecule has 0 saturated heterocycles. The van der Waals surface area contributed by atoms with Gasteiger partial charge in [0.2, 0.25) is 5.91 Å². The molecule has 0 radical (unpaired) electrons. The molecule has 3 nitrogen and oxygen atoms in total. The van der Waals surface area contributed by atoms with Crippen molar-refractivity contribution in [2.75, 3.05) is 6.54 Å². The Kier molecular flexibility index (Phi) is 3.66. The predicted molar refractivity (Wildman–Crippen MR) is 68.6 cm³/mol. The van der Waals surface area contributed by atoms with Gasteiger partial charge in [-0.3, -0.25) is 4.79 Å². The molecule has 0 aromatic heterocycles. The molecule has 1 atom stereocenters. The van der Waals surface area contributed by atoms with E-state index in [0.717, 1.165) is 24.8 Å². The van der Waals surface area contributed by atoms with Crippen LogP contribution in [0.15, 0.2) is 24.3 Å². The Hall–Kier alpha value is -1.42. The topological polar surface area (TPSA) is 55.1 Å². The summed E-state index contributed by atoms with van der Waals surface area (Å²) in [5, 5.41) is 2.90. The second kappa shape index (κ2) is 5.06. The fourth-order valence-electron chi connectivity index (χ4n) is 2.38. The molecule has 98 valence electrons. The minimum atomic E-state index is -0.550. The van der Waals surface area contributed by atoms with Crippen molar-refractivity contribution in [2.24, 2.45) is 5.73 Å². The van der Waals surface area contributed by atoms with Crippen molar-refractivity contribution in [3.05, 3.63) is 35.6 Å². The summed E-state index contributed by atoms with van der Waals surface area (Å²) in [5.41, 5.74) is 5.73. The van der Waals surface area contributed by atoms with Crippen molar-refractivity contribution in [1.29, 1.82) is 0 Å². The van der Waals surface area contributed by atoms with Gasteiger partial charge in [-0.25, -0.2) is 4.39 Å². The van der Waals surface area contributed by atoms with Gasteiger partial charge in [0.15, 0.2) is 0 Å². The second-order valence-electron chi connectivity index (χ2n) is 5.06. The molecule has 1 aromatic carbocycles. The van der Waals surface area contributed by atoms with Gasteiger partial charge in [0.1, 0.15) is 5.82 Å². The molecule has 1 amide bonds. The summed E-state index contributed by atoms with van der Waals surface area (Å²) in [7, 11) is 0. The molecule has 18 heavy (non-hydrogen) atoms. The largest absolute Gasteiger partial charge is 0.352 e. The highest BCUT2D eigenvalue weighted by Gasteiger charge is 2.45. The van der Waals surface area contributed by atoms with Crippen molar-refractivity contribution in [3.63, 3.8) is 0 Å². The quantitative estimate of drug-likeness (QED) is 0.854. The fraction of sp³-hybridized carbons (Fsp3) is 0.500. The van der Waals surface area contributed by atoms with Gasteiger partial charge in [-0.1, -0.05) is 18.6 Å². The van der Waals surface area contributed by atoms with Crippen molar-refractivity contribution in [3.8, 4) is 0 Å². The molecular formula is C14H19FN2O. The third-order valence-corrected chi connectivity index (χ3v) is 3.75. The summed E-state index contributed by atoms with van der Waals surface area (Å²) >= 11 is 0. The molecule has 0 spiro atoms. The monoisotopic (exact) mass is 250 g/mol. The SMILES string of the molecule is C[C@@H](CN)NC(=O)C1(c2cccc(F)c2)CCC1. The van der Waals surface area contributed by atoms with Crippen molar-refractivity contribution in [1.82, 2.24) is 5.32 Å². The highest BCUT2D eigenvalue weighted by Crippen LogP contribution is 2.44. The van der Waals surface area contributed by atoms with Gasteiger partial charge in [-0.15, -0.1) is 0 Å². The number of amides is 1. The first kappa shape index (κ1) is 13.0. The Balaban J connectivity index is 2.23. The summed E-state index contributed by atoms with van der Waals surface area (Å²) in [4.78, 5) is 12.3. The van der Waals surface area contributed by atoms with Crippen LogP contribution in [0.25, 0.3) is 0 Å². The maximum Gasteiger partial charge on any atom is 0.230 e. The third kappa shape index (κ3) is 2.25. The van der Waals surface area contributed by atoms with Crippen LogP contribution in [0.2, 0.25) is 0 Å². The normalized spacial score (nSPS) is 18.8. The van der Waals surface area contributed by atoms with Crippen LogP contribution in [0.1, 0.15) is 31.7 Å². The van der Waals surface area contributed by atoms with Gasteiger partial charge >= 0.3 is 0 Å². The maximum atomic E-state index is 13.3. The van der Waals surface area contributed by atoms with Crippen molar-refractivity contribution in [2.45, 2.75) is 37.6 Å². The zero-order chi connectivity index (χ0) is 13.2. The lowest BCUT2D eigenvalue weighted by molar-refractivity contribution is -0.130. The summed E-state index contributed by atoms with van der Waals surface area (Å²) in [5.74, 6) is -0.323. The minimum absolute atomic E-state index is 0.0303. The first-order chi connectivity index (χ1) is 8.58.